The Kier molecular flexibility index (Phi) is 5.44. The standard InChI is InChI=1S/C16H21N3O3S/c1-16(2,3)22-15(20)19-12-6-5-11(21-4)9-13(12)18-10-14-17-7-8-23-14/h5-9,18H,10H2,1-4H3,(H,19,20). The van der Waals surface area contributed by atoms with Crippen molar-refractivity contribution in [3.63, 3.8) is 0 Å². The van der Waals surface area contributed by atoms with Gasteiger partial charge in [-0.15, -0.1) is 11.3 Å². The number of nitrogens with one attached hydrogen (secondary N) is 2. The van der Waals surface area contributed by atoms with Gasteiger partial charge in [0.25, 0.3) is 0 Å². The fraction of sp³-hybridized carbons (Fsp3) is 0.375. The third-order valence-electron chi connectivity index (χ3n) is 2.78. The summed E-state index contributed by atoms with van der Waals surface area (Å²) >= 11 is 1.56. The van der Waals surface area contributed by atoms with Crippen molar-refractivity contribution in [2.24, 2.45) is 0 Å². The molecule has 0 aliphatic carbocycles. The normalized spacial score (nSPS) is 11.0. The number of methoxy groups -OCH3 is 1. The van der Waals surface area contributed by atoms with Crippen LogP contribution in [0.5, 0.6) is 5.75 Å². The van der Waals surface area contributed by atoms with E-state index in [1.807, 2.05) is 32.2 Å². The first-order valence-corrected chi connectivity index (χ1v) is 8.05. The molecular weight excluding hydrogens is 314 g/mol. The van der Waals surface area contributed by atoms with Crippen molar-refractivity contribution < 1.29 is 14.3 Å². The predicted molar refractivity (Wildman–Crippen MR) is 92.3 cm³/mol. The van der Waals surface area contributed by atoms with Gasteiger partial charge in [0.2, 0.25) is 0 Å². The third kappa shape index (κ3) is 5.45. The SMILES string of the molecule is COc1ccc(NC(=O)OC(C)(C)C)c(NCc2nccs2)c1. The molecule has 0 aliphatic heterocycles. The minimum absolute atomic E-state index is 0.500. The van der Waals surface area contributed by atoms with Crippen molar-refractivity contribution in [1.82, 2.24) is 4.98 Å². The monoisotopic (exact) mass is 335 g/mol. The third-order valence-corrected chi connectivity index (χ3v) is 3.56. The van der Waals surface area contributed by atoms with Gasteiger partial charge in [0.05, 0.1) is 25.0 Å². The van der Waals surface area contributed by atoms with E-state index in [1.54, 1.807) is 36.8 Å². The molecule has 0 fully saturated rings. The molecule has 0 spiro atoms. The lowest BCUT2D eigenvalue weighted by molar-refractivity contribution is 0.0636. The average molecular weight is 335 g/mol. The maximum absolute atomic E-state index is 12.0. The van der Waals surface area contributed by atoms with Gasteiger partial charge < -0.3 is 14.8 Å². The smallest absolute Gasteiger partial charge is 0.412 e. The van der Waals surface area contributed by atoms with Crippen LogP contribution in [0.1, 0.15) is 25.8 Å². The molecular formula is C16H21N3O3S. The number of carbonyl (C=O) groups is 1. The fourth-order valence-electron chi connectivity index (χ4n) is 1.83. The number of aromatic nitrogens is 1. The molecule has 0 aliphatic rings. The molecule has 0 bridgehead atoms. The van der Waals surface area contributed by atoms with Gasteiger partial charge in [-0.25, -0.2) is 9.78 Å². The number of benzene rings is 1. The summed E-state index contributed by atoms with van der Waals surface area (Å²) in [5, 5.41) is 8.88. The second kappa shape index (κ2) is 7.32. The van der Waals surface area contributed by atoms with E-state index in [4.69, 9.17) is 9.47 Å². The second-order valence-electron chi connectivity index (χ2n) is 5.82. The van der Waals surface area contributed by atoms with Crippen LogP contribution in [-0.2, 0) is 11.3 Å². The molecule has 0 saturated carbocycles. The summed E-state index contributed by atoms with van der Waals surface area (Å²) in [7, 11) is 1.60. The van der Waals surface area contributed by atoms with E-state index in [0.29, 0.717) is 18.0 Å². The largest absolute Gasteiger partial charge is 0.497 e. The molecule has 2 rings (SSSR count). The summed E-state index contributed by atoms with van der Waals surface area (Å²) < 4.78 is 10.5. The molecule has 1 aromatic heterocycles. The number of carbonyl (C=O) groups excluding carboxylic acids is 1. The van der Waals surface area contributed by atoms with Gasteiger partial charge in [0.15, 0.2) is 0 Å². The second-order valence-corrected chi connectivity index (χ2v) is 6.80. The molecule has 1 aromatic carbocycles. The summed E-state index contributed by atoms with van der Waals surface area (Å²) in [6.07, 6.45) is 1.26. The Morgan fingerprint density at radius 3 is 2.70 bits per heavy atom. The minimum Gasteiger partial charge on any atom is -0.497 e. The lowest BCUT2D eigenvalue weighted by Gasteiger charge is -2.21. The number of hydrogen-bond acceptors (Lipinski definition) is 6. The first-order valence-electron chi connectivity index (χ1n) is 7.17. The predicted octanol–water partition coefficient (Wildman–Crippen LogP) is 4.11. The maximum atomic E-state index is 12.0. The van der Waals surface area contributed by atoms with Crippen molar-refractivity contribution >= 4 is 28.8 Å². The molecule has 0 atom stereocenters. The van der Waals surface area contributed by atoms with E-state index in [-0.39, 0.29) is 0 Å². The van der Waals surface area contributed by atoms with Crippen molar-refractivity contribution in [3.05, 3.63) is 34.8 Å². The topological polar surface area (TPSA) is 72.5 Å². The van der Waals surface area contributed by atoms with E-state index in [9.17, 15) is 4.79 Å². The maximum Gasteiger partial charge on any atom is 0.412 e. The van der Waals surface area contributed by atoms with Crippen LogP contribution in [0.2, 0.25) is 0 Å². The molecule has 2 aromatic rings. The Balaban J connectivity index is 2.12. The molecule has 1 amide bonds. The number of nitrogens with zero attached hydrogens (tertiary/aromatic N) is 1. The molecule has 0 radical (unpaired) electrons. The number of amides is 1. The summed E-state index contributed by atoms with van der Waals surface area (Å²) in [6.45, 7) is 6.03. The van der Waals surface area contributed by atoms with E-state index in [1.165, 1.54) is 0 Å². The van der Waals surface area contributed by atoms with Crippen molar-refractivity contribution in [1.29, 1.82) is 0 Å². The molecule has 6 nitrogen and oxygen atoms in total. The van der Waals surface area contributed by atoms with E-state index < -0.39 is 11.7 Å². The van der Waals surface area contributed by atoms with Crippen LogP contribution in [0.3, 0.4) is 0 Å². The summed E-state index contributed by atoms with van der Waals surface area (Å²) in [6, 6.07) is 5.37. The number of rotatable bonds is 5. The average Bonchev–Trinajstić information content (AvgIpc) is 2.97. The van der Waals surface area contributed by atoms with Crippen LogP contribution in [0.4, 0.5) is 16.2 Å². The van der Waals surface area contributed by atoms with Crippen LogP contribution in [0, 0.1) is 0 Å². The highest BCUT2D eigenvalue weighted by molar-refractivity contribution is 7.09. The molecule has 1 heterocycles. The molecule has 7 heteroatoms. The Morgan fingerprint density at radius 1 is 1.30 bits per heavy atom. The van der Waals surface area contributed by atoms with E-state index in [0.717, 1.165) is 10.7 Å². The Morgan fingerprint density at radius 2 is 2.09 bits per heavy atom. The molecule has 124 valence electrons. The van der Waals surface area contributed by atoms with Crippen molar-refractivity contribution in [2.45, 2.75) is 32.9 Å². The van der Waals surface area contributed by atoms with Crippen LogP contribution in [-0.4, -0.2) is 23.8 Å². The highest BCUT2D eigenvalue weighted by Gasteiger charge is 2.17. The van der Waals surface area contributed by atoms with Crippen LogP contribution in [0.15, 0.2) is 29.8 Å². The van der Waals surface area contributed by atoms with Gasteiger partial charge in [0.1, 0.15) is 16.4 Å². The lowest BCUT2D eigenvalue weighted by atomic mass is 10.2. The zero-order valence-corrected chi connectivity index (χ0v) is 14.5. The lowest BCUT2D eigenvalue weighted by Crippen LogP contribution is -2.27. The first kappa shape index (κ1) is 17.1. The van der Waals surface area contributed by atoms with Gasteiger partial charge in [-0.2, -0.15) is 0 Å². The Hall–Kier alpha value is -2.28. The van der Waals surface area contributed by atoms with Crippen LogP contribution < -0.4 is 15.4 Å². The van der Waals surface area contributed by atoms with Gasteiger partial charge >= 0.3 is 6.09 Å². The number of hydrogen-bond donors (Lipinski definition) is 2. The van der Waals surface area contributed by atoms with Crippen LogP contribution >= 0.6 is 11.3 Å². The number of anilines is 2. The van der Waals surface area contributed by atoms with E-state index >= 15 is 0 Å². The number of thiazole rings is 1. The van der Waals surface area contributed by atoms with Crippen molar-refractivity contribution in [3.8, 4) is 5.75 Å². The summed E-state index contributed by atoms with van der Waals surface area (Å²) in [5.41, 5.74) is 0.812. The Bertz CT molecular complexity index is 651. The first-order chi connectivity index (χ1) is 10.9. The highest BCUT2D eigenvalue weighted by atomic mass is 32.1. The molecule has 0 unspecified atom stereocenters. The molecule has 23 heavy (non-hydrogen) atoms. The molecule has 2 N–H and O–H groups in total. The van der Waals surface area contributed by atoms with Gasteiger partial charge in [-0.05, 0) is 32.9 Å². The summed E-state index contributed by atoms with van der Waals surface area (Å²) in [4.78, 5) is 16.2. The van der Waals surface area contributed by atoms with Crippen molar-refractivity contribution in [2.75, 3.05) is 17.7 Å². The molecule has 0 saturated heterocycles. The highest BCUT2D eigenvalue weighted by Crippen LogP contribution is 2.28. The van der Waals surface area contributed by atoms with E-state index in [2.05, 4.69) is 15.6 Å². The fourth-order valence-corrected chi connectivity index (χ4v) is 2.39. The summed E-state index contributed by atoms with van der Waals surface area (Å²) in [5.74, 6) is 0.696. The zero-order chi connectivity index (χ0) is 16.9. The zero-order valence-electron chi connectivity index (χ0n) is 13.7. The number of ether oxygens (including phenoxy) is 2. The van der Waals surface area contributed by atoms with Gasteiger partial charge in [-0.3, -0.25) is 5.32 Å². The Labute approximate surface area is 139 Å². The minimum atomic E-state index is -0.551. The van der Waals surface area contributed by atoms with Gasteiger partial charge in [0, 0.05) is 17.6 Å². The van der Waals surface area contributed by atoms with Gasteiger partial charge in [-0.1, -0.05) is 0 Å². The quantitative estimate of drug-likeness (QED) is 0.860. The van der Waals surface area contributed by atoms with Crippen LogP contribution in [0.25, 0.3) is 0 Å².